The van der Waals surface area contributed by atoms with Crippen LogP contribution in [0.4, 0.5) is 0 Å². The molecule has 1 aromatic rings. The van der Waals surface area contributed by atoms with Gasteiger partial charge in [-0.05, 0) is 12.2 Å². The second-order valence-electron chi connectivity index (χ2n) is 1.93. The molecule has 5 N–H and O–H groups in total. The minimum absolute atomic E-state index is 0.122. The fourth-order valence-electron chi connectivity index (χ4n) is 0.578. The van der Waals surface area contributed by atoms with Gasteiger partial charge in [-0.1, -0.05) is 12.2 Å². The average Bonchev–Trinajstić information content (AvgIpc) is 2.36. The van der Waals surface area contributed by atoms with Crippen LogP contribution in [0.15, 0.2) is 11.3 Å². The highest BCUT2D eigenvalue weighted by atomic mass is 32.1. The van der Waals surface area contributed by atoms with Crippen LogP contribution in [0.5, 0.6) is 0 Å². The van der Waals surface area contributed by atoms with Gasteiger partial charge in [-0.25, -0.2) is 0 Å². The van der Waals surface area contributed by atoms with Crippen LogP contribution >= 0.6 is 24.4 Å². The summed E-state index contributed by atoms with van der Waals surface area (Å²) in [4.78, 5) is 0. The van der Waals surface area contributed by atoms with E-state index in [1.54, 1.807) is 6.20 Å². The predicted octanol–water partition coefficient (Wildman–Crippen LogP) is 0.239. The van der Waals surface area contributed by atoms with Gasteiger partial charge in [0.15, 0.2) is 5.11 Å². The number of hydrazone groups is 1. The molecule has 1 heterocycles. The monoisotopic (exact) mass is 201 g/mol. The normalized spacial score (nSPS) is 10.3. The third kappa shape index (κ3) is 2.44. The maximum Gasteiger partial charge on any atom is 0.184 e. The van der Waals surface area contributed by atoms with Crippen LogP contribution in [-0.4, -0.2) is 21.5 Å². The molecule has 5 nitrogen and oxygen atoms in total. The Labute approximate surface area is 79.0 Å². The Hall–Kier alpha value is -1.21. The van der Waals surface area contributed by atoms with Gasteiger partial charge in [-0.15, -0.1) is 0 Å². The zero-order valence-corrected chi connectivity index (χ0v) is 7.63. The SMILES string of the molecule is NC(=S)NN=Cc1c[nH][nH]c1=S. The molecular weight excluding hydrogens is 194 g/mol. The van der Waals surface area contributed by atoms with Gasteiger partial charge in [-0.2, -0.15) is 5.10 Å². The van der Waals surface area contributed by atoms with Gasteiger partial charge in [-0.3, -0.25) is 10.5 Å². The topological polar surface area (TPSA) is 82.0 Å². The summed E-state index contributed by atoms with van der Waals surface area (Å²) < 4.78 is 0.587. The summed E-state index contributed by atoms with van der Waals surface area (Å²) in [7, 11) is 0. The van der Waals surface area contributed by atoms with Gasteiger partial charge >= 0.3 is 0 Å². The van der Waals surface area contributed by atoms with Crippen LogP contribution in [0.3, 0.4) is 0 Å². The lowest BCUT2D eigenvalue weighted by molar-refractivity contribution is 1.04. The van der Waals surface area contributed by atoms with Crippen LogP contribution in [0.2, 0.25) is 0 Å². The lowest BCUT2D eigenvalue weighted by Gasteiger charge is -1.91. The number of hydrogen-bond acceptors (Lipinski definition) is 3. The Morgan fingerprint density at radius 2 is 2.50 bits per heavy atom. The maximum atomic E-state index is 5.13. The Morgan fingerprint density at radius 3 is 3.00 bits per heavy atom. The Kier molecular flexibility index (Phi) is 2.94. The Morgan fingerprint density at radius 1 is 1.75 bits per heavy atom. The number of thiocarbonyl (C=S) groups is 1. The third-order valence-corrected chi connectivity index (χ3v) is 1.48. The molecule has 0 fully saturated rings. The number of rotatable bonds is 2. The summed E-state index contributed by atoms with van der Waals surface area (Å²) in [5, 5.41) is 9.29. The fraction of sp³-hybridized carbons (Fsp3) is 0. The molecule has 0 saturated carbocycles. The lowest BCUT2D eigenvalue weighted by atomic mass is 10.4. The van der Waals surface area contributed by atoms with E-state index in [0.29, 0.717) is 4.64 Å². The van der Waals surface area contributed by atoms with Crippen molar-refractivity contribution in [2.24, 2.45) is 10.8 Å². The van der Waals surface area contributed by atoms with Gasteiger partial charge in [0.25, 0.3) is 0 Å². The Bertz CT molecular complexity index is 349. The molecule has 1 aromatic heterocycles. The van der Waals surface area contributed by atoms with E-state index in [1.807, 2.05) is 0 Å². The van der Waals surface area contributed by atoms with E-state index in [1.165, 1.54) is 6.21 Å². The second kappa shape index (κ2) is 3.98. The first-order valence-corrected chi connectivity index (χ1v) is 3.86. The molecule has 0 atom stereocenters. The molecule has 0 aliphatic rings. The summed E-state index contributed by atoms with van der Waals surface area (Å²) in [6, 6.07) is 0. The molecule has 0 unspecified atom stereocenters. The zero-order valence-electron chi connectivity index (χ0n) is 6.00. The van der Waals surface area contributed by atoms with Crippen molar-refractivity contribution in [3.63, 3.8) is 0 Å². The summed E-state index contributed by atoms with van der Waals surface area (Å²) in [6.07, 6.45) is 3.21. The van der Waals surface area contributed by atoms with Crippen molar-refractivity contribution in [1.29, 1.82) is 0 Å². The molecule has 0 radical (unpaired) electrons. The average molecular weight is 201 g/mol. The maximum absolute atomic E-state index is 5.13. The van der Waals surface area contributed by atoms with E-state index in [-0.39, 0.29) is 5.11 Å². The third-order valence-electron chi connectivity index (χ3n) is 1.05. The second-order valence-corrected chi connectivity index (χ2v) is 2.78. The molecule has 1 rings (SSSR count). The highest BCUT2D eigenvalue weighted by Gasteiger charge is 1.90. The molecule has 0 aromatic carbocycles. The summed E-state index contributed by atoms with van der Waals surface area (Å²) in [5.41, 5.74) is 8.32. The van der Waals surface area contributed by atoms with Gasteiger partial charge < -0.3 is 10.8 Å². The van der Waals surface area contributed by atoms with Crippen molar-refractivity contribution in [2.45, 2.75) is 0 Å². The minimum Gasteiger partial charge on any atom is -0.375 e. The highest BCUT2D eigenvalue weighted by molar-refractivity contribution is 7.80. The van der Waals surface area contributed by atoms with Crippen LogP contribution in [0.25, 0.3) is 0 Å². The van der Waals surface area contributed by atoms with E-state index >= 15 is 0 Å². The van der Waals surface area contributed by atoms with Crippen molar-refractivity contribution < 1.29 is 0 Å². The van der Waals surface area contributed by atoms with Crippen molar-refractivity contribution in [3.8, 4) is 0 Å². The Balaban J connectivity index is 2.64. The van der Waals surface area contributed by atoms with Gasteiger partial charge in [0, 0.05) is 11.8 Å². The number of hydrogen-bond donors (Lipinski definition) is 4. The highest BCUT2D eigenvalue weighted by Crippen LogP contribution is 1.91. The van der Waals surface area contributed by atoms with Gasteiger partial charge in [0.2, 0.25) is 0 Å². The number of nitrogens with one attached hydrogen (secondary N) is 3. The molecular formula is C5H7N5S2. The van der Waals surface area contributed by atoms with Crippen molar-refractivity contribution in [1.82, 2.24) is 15.6 Å². The summed E-state index contributed by atoms with van der Waals surface area (Å²) in [6.45, 7) is 0. The molecule has 0 spiro atoms. The molecule has 12 heavy (non-hydrogen) atoms. The molecule has 64 valence electrons. The van der Waals surface area contributed by atoms with Crippen molar-refractivity contribution >= 4 is 35.8 Å². The standard InChI is InChI=1S/C5H7N5S2/c6-5(12)10-8-2-3-1-7-9-4(3)11/h1-2H,(H3,6,10,12)(H2,7,9,11). The van der Waals surface area contributed by atoms with E-state index in [4.69, 9.17) is 18.0 Å². The van der Waals surface area contributed by atoms with E-state index in [0.717, 1.165) is 5.56 Å². The predicted molar refractivity (Wildman–Crippen MR) is 53.5 cm³/mol. The van der Waals surface area contributed by atoms with Crippen LogP contribution in [0, 0.1) is 4.64 Å². The van der Waals surface area contributed by atoms with E-state index in [9.17, 15) is 0 Å². The van der Waals surface area contributed by atoms with Gasteiger partial charge in [0.05, 0.1) is 6.21 Å². The van der Waals surface area contributed by atoms with E-state index < -0.39 is 0 Å². The van der Waals surface area contributed by atoms with Crippen LogP contribution < -0.4 is 11.2 Å². The number of nitrogens with two attached hydrogens (primary N) is 1. The molecule has 7 heteroatoms. The van der Waals surface area contributed by atoms with Crippen molar-refractivity contribution in [2.75, 3.05) is 0 Å². The first kappa shape index (κ1) is 8.88. The molecule has 0 amide bonds. The summed E-state index contributed by atoms with van der Waals surface area (Å²) >= 11 is 9.43. The molecule has 0 aliphatic carbocycles. The zero-order chi connectivity index (χ0) is 8.97. The quantitative estimate of drug-likeness (QED) is 0.314. The molecule has 0 bridgehead atoms. The fourth-order valence-corrected chi connectivity index (χ4v) is 0.802. The van der Waals surface area contributed by atoms with Crippen LogP contribution in [0.1, 0.15) is 5.56 Å². The first-order valence-electron chi connectivity index (χ1n) is 3.04. The smallest absolute Gasteiger partial charge is 0.184 e. The van der Waals surface area contributed by atoms with Crippen LogP contribution in [-0.2, 0) is 0 Å². The summed E-state index contributed by atoms with van der Waals surface area (Å²) in [5.74, 6) is 0. The first-order chi connectivity index (χ1) is 5.70. The lowest BCUT2D eigenvalue weighted by Crippen LogP contribution is -2.23. The number of nitrogens with zero attached hydrogens (tertiary/aromatic N) is 1. The number of H-pyrrole nitrogens is 2. The van der Waals surface area contributed by atoms with E-state index in [2.05, 4.69) is 32.9 Å². The van der Waals surface area contributed by atoms with Crippen molar-refractivity contribution in [3.05, 3.63) is 16.4 Å². The largest absolute Gasteiger partial charge is 0.375 e. The molecule has 0 aliphatic heterocycles. The number of aromatic amines is 2. The minimum atomic E-state index is 0.122. The van der Waals surface area contributed by atoms with Gasteiger partial charge in [0.1, 0.15) is 4.64 Å². The molecule has 0 saturated heterocycles. The number of aromatic nitrogens is 2.